The van der Waals surface area contributed by atoms with Crippen LogP contribution in [0.25, 0.3) is 21.6 Å². The maximum atomic E-state index is 13.8. The van der Waals surface area contributed by atoms with Crippen molar-refractivity contribution in [2.75, 3.05) is 13.1 Å². The Balaban J connectivity index is 1.22. The maximum Gasteiger partial charge on any atom is 0.241 e. The van der Waals surface area contributed by atoms with Gasteiger partial charge in [0.25, 0.3) is 0 Å². The smallest absolute Gasteiger partial charge is 0.241 e. The molecule has 0 N–H and O–H groups in total. The van der Waals surface area contributed by atoms with Gasteiger partial charge in [0, 0.05) is 11.5 Å². The van der Waals surface area contributed by atoms with E-state index < -0.39 is 0 Å². The molecular weight excluding hydrogens is 387 g/mol. The van der Waals surface area contributed by atoms with E-state index in [-0.39, 0.29) is 5.82 Å². The predicted molar refractivity (Wildman–Crippen MR) is 111 cm³/mol. The summed E-state index contributed by atoms with van der Waals surface area (Å²) in [7, 11) is 0. The number of halogens is 1. The van der Waals surface area contributed by atoms with Crippen molar-refractivity contribution >= 4 is 21.6 Å². The number of thiazole rings is 1. The molecule has 1 saturated heterocycles. The number of rotatable bonds is 4. The SMILES string of the molecule is Cc1ccc(-c2noc(CN3CCC(c4nc5ccccc5s4)CC3)n2)cc1F. The molecule has 1 aliphatic rings. The van der Waals surface area contributed by atoms with Crippen molar-refractivity contribution in [1.29, 1.82) is 0 Å². The molecule has 0 saturated carbocycles. The molecule has 0 bridgehead atoms. The normalized spacial score (nSPS) is 15.9. The lowest BCUT2D eigenvalue weighted by atomic mass is 9.97. The molecule has 148 valence electrons. The predicted octanol–water partition coefficient (Wildman–Crippen LogP) is 5.17. The molecule has 0 radical (unpaired) electrons. The number of para-hydroxylation sites is 1. The summed E-state index contributed by atoms with van der Waals surface area (Å²) < 4.78 is 20.5. The molecule has 2 aromatic heterocycles. The lowest BCUT2D eigenvalue weighted by Crippen LogP contribution is -2.32. The fourth-order valence-electron chi connectivity index (χ4n) is 3.76. The van der Waals surface area contributed by atoms with Gasteiger partial charge in [-0.15, -0.1) is 11.3 Å². The summed E-state index contributed by atoms with van der Waals surface area (Å²) in [5, 5.41) is 5.26. The Morgan fingerprint density at radius 2 is 1.97 bits per heavy atom. The third kappa shape index (κ3) is 3.80. The van der Waals surface area contributed by atoms with Crippen molar-refractivity contribution in [3.05, 3.63) is 64.7 Å². The van der Waals surface area contributed by atoms with Gasteiger partial charge in [0.05, 0.1) is 21.8 Å². The van der Waals surface area contributed by atoms with Crippen molar-refractivity contribution in [2.45, 2.75) is 32.2 Å². The first kappa shape index (κ1) is 18.4. The highest BCUT2D eigenvalue weighted by atomic mass is 32.1. The molecular formula is C22H21FN4OS. The van der Waals surface area contributed by atoms with Crippen LogP contribution in [0.15, 0.2) is 47.0 Å². The maximum absolute atomic E-state index is 13.8. The van der Waals surface area contributed by atoms with Gasteiger partial charge in [-0.3, -0.25) is 4.90 Å². The van der Waals surface area contributed by atoms with Crippen LogP contribution in [0.3, 0.4) is 0 Å². The number of likely N-dealkylation sites (tertiary alicyclic amines) is 1. The minimum Gasteiger partial charge on any atom is -0.338 e. The second-order valence-electron chi connectivity index (χ2n) is 7.55. The lowest BCUT2D eigenvalue weighted by Gasteiger charge is -2.29. The zero-order valence-electron chi connectivity index (χ0n) is 16.1. The minimum absolute atomic E-state index is 0.259. The van der Waals surface area contributed by atoms with Crippen molar-refractivity contribution in [1.82, 2.24) is 20.0 Å². The summed E-state index contributed by atoms with van der Waals surface area (Å²) in [4.78, 5) is 11.6. The second kappa shape index (κ2) is 7.65. The van der Waals surface area contributed by atoms with Gasteiger partial charge in [-0.2, -0.15) is 4.98 Å². The van der Waals surface area contributed by atoms with Gasteiger partial charge in [-0.25, -0.2) is 9.37 Å². The number of aromatic nitrogens is 3. The highest BCUT2D eigenvalue weighted by Gasteiger charge is 2.24. The van der Waals surface area contributed by atoms with E-state index in [1.54, 1.807) is 13.0 Å². The van der Waals surface area contributed by atoms with E-state index in [9.17, 15) is 4.39 Å². The first-order valence-electron chi connectivity index (χ1n) is 9.82. The van der Waals surface area contributed by atoms with Crippen molar-refractivity contribution in [3.63, 3.8) is 0 Å². The lowest BCUT2D eigenvalue weighted by molar-refractivity contribution is 0.181. The first-order chi connectivity index (χ1) is 14.2. The Hall–Kier alpha value is -2.64. The minimum atomic E-state index is -0.259. The van der Waals surface area contributed by atoms with E-state index in [4.69, 9.17) is 9.51 Å². The highest BCUT2D eigenvalue weighted by molar-refractivity contribution is 7.18. The molecule has 5 rings (SSSR count). The number of benzene rings is 2. The van der Waals surface area contributed by atoms with Crippen LogP contribution >= 0.6 is 11.3 Å². The van der Waals surface area contributed by atoms with Gasteiger partial charge in [0.1, 0.15) is 5.82 Å². The summed E-state index contributed by atoms with van der Waals surface area (Å²) in [5.41, 5.74) is 2.34. The summed E-state index contributed by atoms with van der Waals surface area (Å²) in [6.45, 7) is 4.29. The number of hydrogen-bond acceptors (Lipinski definition) is 6. The third-order valence-electron chi connectivity index (χ3n) is 5.50. The quantitative estimate of drug-likeness (QED) is 0.466. The molecule has 1 aliphatic heterocycles. The third-order valence-corrected chi connectivity index (χ3v) is 6.70. The average Bonchev–Trinajstić information content (AvgIpc) is 3.38. The van der Waals surface area contributed by atoms with Gasteiger partial charge in [0.15, 0.2) is 0 Å². The average molecular weight is 409 g/mol. The summed E-state index contributed by atoms with van der Waals surface area (Å²) in [6, 6.07) is 13.3. The van der Waals surface area contributed by atoms with Crippen LogP contribution in [0.1, 0.15) is 35.2 Å². The van der Waals surface area contributed by atoms with E-state index in [2.05, 4.69) is 33.2 Å². The Morgan fingerprint density at radius 1 is 1.14 bits per heavy atom. The second-order valence-corrected chi connectivity index (χ2v) is 8.61. The van der Waals surface area contributed by atoms with E-state index in [1.165, 1.54) is 15.8 Å². The molecule has 5 nitrogen and oxygen atoms in total. The summed E-state index contributed by atoms with van der Waals surface area (Å²) >= 11 is 1.81. The number of fused-ring (bicyclic) bond motifs is 1. The van der Waals surface area contributed by atoms with Gasteiger partial charge in [0.2, 0.25) is 11.7 Å². The van der Waals surface area contributed by atoms with Gasteiger partial charge >= 0.3 is 0 Å². The molecule has 1 fully saturated rings. The summed E-state index contributed by atoms with van der Waals surface area (Å²) in [6.07, 6.45) is 2.15. The van der Waals surface area contributed by atoms with E-state index in [1.807, 2.05) is 23.5 Å². The van der Waals surface area contributed by atoms with Crippen LogP contribution in [0.4, 0.5) is 4.39 Å². The van der Waals surface area contributed by atoms with Gasteiger partial charge in [-0.05, 0) is 56.6 Å². The fourth-order valence-corrected chi connectivity index (χ4v) is 4.90. The Morgan fingerprint density at radius 3 is 2.76 bits per heavy atom. The van der Waals surface area contributed by atoms with Crippen LogP contribution in [0.5, 0.6) is 0 Å². The van der Waals surface area contributed by atoms with Crippen molar-refractivity contribution in [3.8, 4) is 11.4 Å². The van der Waals surface area contributed by atoms with Crippen molar-refractivity contribution in [2.24, 2.45) is 0 Å². The number of piperidine rings is 1. The van der Waals surface area contributed by atoms with E-state index in [0.717, 1.165) is 31.4 Å². The Bertz CT molecular complexity index is 1110. The molecule has 0 unspecified atom stereocenters. The Kier molecular flexibility index (Phi) is 4.85. The van der Waals surface area contributed by atoms with Gasteiger partial charge in [-0.1, -0.05) is 29.4 Å². The molecule has 0 amide bonds. The molecule has 0 spiro atoms. The summed E-state index contributed by atoms with van der Waals surface area (Å²) in [5.74, 6) is 1.26. The standard InChI is InChI=1S/C22H21FN4OS/c1-14-6-7-16(12-17(14)23)21-25-20(28-26-21)13-27-10-8-15(9-11-27)22-24-18-4-2-3-5-19(18)29-22/h2-7,12,15H,8-11,13H2,1H3. The Labute approximate surface area is 172 Å². The van der Waals surface area contributed by atoms with Crippen LogP contribution in [-0.4, -0.2) is 33.1 Å². The highest BCUT2D eigenvalue weighted by Crippen LogP contribution is 2.34. The topological polar surface area (TPSA) is 55.1 Å². The van der Waals surface area contributed by atoms with Crippen LogP contribution in [-0.2, 0) is 6.54 Å². The molecule has 4 aromatic rings. The number of hydrogen-bond donors (Lipinski definition) is 0. The molecule has 2 aromatic carbocycles. The fraction of sp³-hybridized carbons (Fsp3) is 0.318. The molecule has 0 atom stereocenters. The molecule has 7 heteroatoms. The van der Waals surface area contributed by atoms with E-state index >= 15 is 0 Å². The number of nitrogens with zero attached hydrogens (tertiary/aromatic N) is 4. The molecule has 3 heterocycles. The van der Waals surface area contributed by atoms with E-state index in [0.29, 0.717) is 35.3 Å². The largest absolute Gasteiger partial charge is 0.338 e. The number of aryl methyl sites for hydroxylation is 1. The van der Waals surface area contributed by atoms with Crippen LogP contribution in [0, 0.1) is 12.7 Å². The monoisotopic (exact) mass is 408 g/mol. The first-order valence-corrected chi connectivity index (χ1v) is 10.6. The molecule has 0 aliphatic carbocycles. The zero-order valence-corrected chi connectivity index (χ0v) is 17.0. The zero-order chi connectivity index (χ0) is 19.8. The van der Waals surface area contributed by atoms with Crippen LogP contribution in [0.2, 0.25) is 0 Å². The van der Waals surface area contributed by atoms with Crippen molar-refractivity contribution < 1.29 is 8.91 Å². The van der Waals surface area contributed by atoms with Gasteiger partial charge < -0.3 is 4.52 Å². The van der Waals surface area contributed by atoms with Crippen LogP contribution < -0.4 is 0 Å². The molecule has 29 heavy (non-hydrogen) atoms.